The Hall–Kier alpha value is -2.18. The second-order valence-electron chi connectivity index (χ2n) is 12.3. The Kier molecular flexibility index (Phi) is 10.4. The molecule has 0 N–H and O–H groups in total. The number of ketones is 2. The van der Waals surface area contributed by atoms with Gasteiger partial charge >= 0.3 is 0 Å². The van der Waals surface area contributed by atoms with E-state index in [0.29, 0.717) is 41.9 Å². The van der Waals surface area contributed by atoms with Gasteiger partial charge in [0.05, 0.1) is 12.7 Å². The molecule has 2 aliphatic carbocycles. The molecule has 4 rings (SSSR count). The fraction of sp³-hybridized carbons (Fsp3) is 0.657. The minimum absolute atomic E-state index is 0.0295. The third-order valence-electron chi connectivity index (χ3n) is 9.14. The Morgan fingerprint density at radius 1 is 1.03 bits per heavy atom. The van der Waals surface area contributed by atoms with Gasteiger partial charge in [-0.15, -0.1) is 6.42 Å². The number of terminal acetylenes is 1. The lowest BCUT2D eigenvalue weighted by Gasteiger charge is -2.23. The summed E-state index contributed by atoms with van der Waals surface area (Å²) in [6.45, 7) is 6.96. The highest BCUT2D eigenvalue weighted by Crippen LogP contribution is 2.40. The van der Waals surface area contributed by atoms with E-state index in [1.54, 1.807) is 0 Å². The van der Waals surface area contributed by atoms with E-state index in [1.807, 2.05) is 18.2 Å². The minimum Gasteiger partial charge on any atom is -0.369 e. The molecule has 0 amide bonds. The molecule has 3 unspecified atom stereocenters. The van der Waals surface area contributed by atoms with Gasteiger partial charge < -0.3 is 4.74 Å². The fourth-order valence-electron chi connectivity index (χ4n) is 6.70. The molecule has 3 nitrogen and oxygen atoms in total. The van der Waals surface area contributed by atoms with Crippen molar-refractivity contribution < 1.29 is 14.3 Å². The number of ether oxygens (including phenoxy) is 1. The number of carbonyl (C=O) groups is 2. The van der Waals surface area contributed by atoms with E-state index >= 15 is 0 Å². The number of benzene rings is 1. The standard InChI is InChI=1S/C35H48O3/c1-5-10-26(11-6-2)31-19-18-28(33(36)20-24(4)14-15-25-12-8-9-13-25)21-32(31)30(7-3)35(37)29-22-34(38-23-29)27-16-17-27/h3,18-19,21-22,24-27,30,34H,5-6,8-17,20,23H2,1-2,4H3. The van der Waals surface area contributed by atoms with E-state index < -0.39 is 5.92 Å². The van der Waals surface area contributed by atoms with Gasteiger partial charge in [0.15, 0.2) is 11.6 Å². The van der Waals surface area contributed by atoms with Gasteiger partial charge in [0.2, 0.25) is 0 Å². The van der Waals surface area contributed by atoms with Crippen molar-refractivity contribution in [3.05, 3.63) is 46.5 Å². The van der Waals surface area contributed by atoms with Crippen LogP contribution in [0, 0.1) is 30.1 Å². The van der Waals surface area contributed by atoms with Gasteiger partial charge in [0.1, 0.15) is 5.92 Å². The molecule has 3 atom stereocenters. The van der Waals surface area contributed by atoms with Gasteiger partial charge in [-0.2, -0.15) is 0 Å². The maximum absolute atomic E-state index is 13.8. The third kappa shape index (κ3) is 7.26. The highest BCUT2D eigenvalue weighted by molar-refractivity contribution is 6.04. The van der Waals surface area contributed by atoms with Crippen LogP contribution in [0.15, 0.2) is 29.8 Å². The van der Waals surface area contributed by atoms with Gasteiger partial charge in [-0.1, -0.05) is 90.2 Å². The molecule has 1 aromatic carbocycles. The summed E-state index contributed by atoms with van der Waals surface area (Å²) in [6, 6.07) is 6.06. The summed E-state index contributed by atoms with van der Waals surface area (Å²) < 4.78 is 5.93. The van der Waals surface area contributed by atoms with Crippen molar-refractivity contribution >= 4 is 11.6 Å². The van der Waals surface area contributed by atoms with E-state index in [2.05, 4.69) is 32.8 Å². The number of carbonyl (C=O) groups excluding carboxylic acids is 2. The zero-order valence-corrected chi connectivity index (χ0v) is 24.0. The topological polar surface area (TPSA) is 43.4 Å². The van der Waals surface area contributed by atoms with Crippen molar-refractivity contribution in [3.63, 3.8) is 0 Å². The lowest BCUT2D eigenvalue weighted by molar-refractivity contribution is -0.116. The van der Waals surface area contributed by atoms with Crippen molar-refractivity contribution in [2.75, 3.05) is 6.61 Å². The Bertz CT molecular complexity index is 1030. The van der Waals surface area contributed by atoms with Crippen LogP contribution in [-0.4, -0.2) is 24.3 Å². The molecule has 0 spiro atoms. The van der Waals surface area contributed by atoms with Gasteiger partial charge in [-0.3, -0.25) is 9.59 Å². The molecule has 1 aliphatic heterocycles. The number of rotatable bonds is 15. The molecule has 0 radical (unpaired) electrons. The second kappa shape index (κ2) is 13.7. The van der Waals surface area contributed by atoms with E-state index in [0.717, 1.165) is 49.1 Å². The molecule has 3 heteroatoms. The Labute approximate surface area is 231 Å². The number of Topliss-reactive ketones (excluding diaryl/α,β-unsaturated/α-hetero) is 2. The maximum Gasteiger partial charge on any atom is 0.180 e. The lowest BCUT2D eigenvalue weighted by Crippen LogP contribution is -2.18. The zero-order valence-electron chi connectivity index (χ0n) is 24.0. The molecule has 38 heavy (non-hydrogen) atoms. The fourth-order valence-corrected chi connectivity index (χ4v) is 6.70. The zero-order chi connectivity index (χ0) is 27.1. The van der Waals surface area contributed by atoms with Crippen molar-refractivity contribution in [2.45, 2.75) is 122 Å². The van der Waals surface area contributed by atoms with Gasteiger partial charge in [-0.25, -0.2) is 0 Å². The third-order valence-corrected chi connectivity index (χ3v) is 9.14. The van der Waals surface area contributed by atoms with Crippen LogP contribution in [0.3, 0.4) is 0 Å². The van der Waals surface area contributed by atoms with E-state index in [-0.39, 0.29) is 17.7 Å². The quantitative estimate of drug-likeness (QED) is 0.173. The summed E-state index contributed by atoms with van der Waals surface area (Å²) in [7, 11) is 0. The Balaban J connectivity index is 1.57. The average Bonchev–Trinajstić information content (AvgIpc) is 3.41. The number of hydrogen-bond donors (Lipinski definition) is 0. The van der Waals surface area contributed by atoms with E-state index in [4.69, 9.17) is 11.2 Å². The monoisotopic (exact) mass is 516 g/mol. The molecular formula is C35H48O3. The first-order chi connectivity index (χ1) is 18.4. The first-order valence-electron chi connectivity index (χ1n) is 15.4. The van der Waals surface area contributed by atoms with Gasteiger partial charge in [-0.05, 0) is 72.6 Å². The predicted molar refractivity (Wildman–Crippen MR) is 155 cm³/mol. The van der Waals surface area contributed by atoms with Crippen LogP contribution in [0.5, 0.6) is 0 Å². The van der Waals surface area contributed by atoms with Gasteiger partial charge in [0.25, 0.3) is 0 Å². The Morgan fingerprint density at radius 2 is 1.74 bits per heavy atom. The molecule has 2 saturated carbocycles. The van der Waals surface area contributed by atoms with Crippen LogP contribution in [0.2, 0.25) is 0 Å². The average molecular weight is 517 g/mol. The molecule has 2 fully saturated rings. The van der Waals surface area contributed by atoms with E-state index in [1.165, 1.54) is 44.9 Å². The predicted octanol–water partition coefficient (Wildman–Crippen LogP) is 8.57. The van der Waals surface area contributed by atoms with Gasteiger partial charge in [0, 0.05) is 17.6 Å². The smallest absolute Gasteiger partial charge is 0.180 e. The summed E-state index contributed by atoms with van der Waals surface area (Å²) in [4.78, 5) is 27.2. The van der Waals surface area contributed by atoms with Crippen molar-refractivity contribution in [1.82, 2.24) is 0 Å². The second-order valence-corrected chi connectivity index (χ2v) is 12.3. The van der Waals surface area contributed by atoms with Crippen LogP contribution >= 0.6 is 0 Å². The minimum atomic E-state index is -0.679. The molecule has 0 aromatic heterocycles. The molecule has 206 valence electrons. The van der Waals surface area contributed by atoms with E-state index in [9.17, 15) is 9.59 Å². The first kappa shape index (κ1) is 28.8. The van der Waals surface area contributed by atoms with Crippen molar-refractivity contribution in [3.8, 4) is 12.3 Å². The lowest BCUT2D eigenvalue weighted by atomic mass is 9.79. The van der Waals surface area contributed by atoms with Crippen LogP contribution in [-0.2, 0) is 9.53 Å². The summed E-state index contributed by atoms with van der Waals surface area (Å²) in [5.41, 5.74) is 3.41. The molecular weight excluding hydrogens is 468 g/mol. The van der Waals surface area contributed by atoms with Crippen molar-refractivity contribution in [2.24, 2.45) is 17.8 Å². The highest BCUT2D eigenvalue weighted by atomic mass is 16.5. The Morgan fingerprint density at radius 3 is 2.37 bits per heavy atom. The molecule has 0 saturated heterocycles. The maximum atomic E-state index is 13.8. The molecule has 1 aromatic rings. The normalized spacial score (nSPS) is 21.3. The summed E-state index contributed by atoms with van der Waals surface area (Å²) in [5, 5.41) is 0. The van der Waals surface area contributed by atoms with Crippen LogP contribution < -0.4 is 0 Å². The van der Waals surface area contributed by atoms with Crippen LogP contribution in [0.25, 0.3) is 0 Å². The number of hydrogen-bond acceptors (Lipinski definition) is 3. The molecule has 3 aliphatic rings. The summed E-state index contributed by atoms with van der Waals surface area (Å²) >= 11 is 0. The molecule has 1 heterocycles. The van der Waals surface area contributed by atoms with Crippen LogP contribution in [0.4, 0.5) is 0 Å². The van der Waals surface area contributed by atoms with Crippen molar-refractivity contribution in [1.29, 1.82) is 0 Å². The highest BCUT2D eigenvalue weighted by Gasteiger charge is 2.37. The summed E-state index contributed by atoms with van der Waals surface area (Å²) in [6.07, 6.45) is 23.1. The molecule has 0 bridgehead atoms. The summed E-state index contributed by atoms with van der Waals surface area (Å²) in [5.74, 6) is 4.40. The largest absolute Gasteiger partial charge is 0.369 e. The SMILES string of the molecule is C#CC(C(=O)C1=CC(C2CC2)OC1)c1cc(C(=O)CC(C)CCC2CCCC2)ccc1C(CCC)CCC. The van der Waals surface area contributed by atoms with Crippen LogP contribution in [0.1, 0.15) is 138 Å². The first-order valence-corrected chi connectivity index (χ1v) is 15.4.